The summed E-state index contributed by atoms with van der Waals surface area (Å²) in [6, 6.07) is 12.7. The third-order valence-electron chi connectivity index (χ3n) is 3.48. The number of nitrogens with zero attached hydrogens (tertiary/aromatic N) is 2. The zero-order valence-corrected chi connectivity index (χ0v) is 14.8. The quantitative estimate of drug-likeness (QED) is 0.669. The molecule has 25 heavy (non-hydrogen) atoms. The van der Waals surface area contributed by atoms with E-state index in [9.17, 15) is 4.79 Å². The van der Waals surface area contributed by atoms with Crippen LogP contribution in [0.25, 0.3) is 0 Å². The largest absolute Gasteiger partial charge is 0.324 e. The van der Waals surface area contributed by atoms with Crippen molar-refractivity contribution in [1.82, 2.24) is 9.97 Å². The van der Waals surface area contributed by atoms with E-state index in [-0.39, 0.29) is 5.91 Å². The maximum atomic E-state index is 12.3. The summed E-state index contributed by atoms with van der Waals surface area (Å²) < 4.78 is 0. The van der Waals surface area contributed by atoms with Gasteiger partial charge in [0.15, 0.2) is 0 Å². The fourth-order valence-electron chi connectivity index (χ4n) is 2.12. The summed E-state index contributed by atoms with van der Waals surface area (Å²) in [5.41, 5.74) is 2.80. The summed E-state index contributed by atoms with van der Waals surface area (Å²) in [4.78, 5) is 20.6. The molecule has 1 heterocycles. The number of carbonyl (C=O) groups is 1. The molecule has 2 aromatic carbocycles. The first-order valence-electron chi connectivity index (χ1n) is 7.44. The van der Waals surface area contributed by atoms with Crippen molar-refractivity contribution >= 4 is 46.4 Å². The molecule has 126 valence electrons. The summed E-state index contributed by atoms with van der Waals surface area (Å²) in [6.07, 6.45) is 2.92. The van der Waals surface area contributed by atoms with Crippen molar-refractivity contribution in [3.05, 3.63) is 76.0 Å². The number of carbonyl (C=O) groups excluding carboxylic acids is 1. The maximum absolute atomic E-state index is 12.3. The molecule has 0 saturated heterocycles. The smallest absolute Gasteiger partial charge is 0.258 e. The lowest BCUT2D eigenvalue weighted by Crippen LogP contribution is -2.13. The van der Waals surface area contributed by atoms with Gasteiger partial charge in [-0.05, 0) is 36.8 Å². The van der Waals surface area contributed by atoms with Gasteiger partial charge in [0.25, 0.3) is 5.91 Å². The van der Waals surface area contributed by atoms with Gasteiger partial charge >= 0.3 is 0 Å². The first kappa shape index (κ1) is 17.2. The van der Waals surface area contributed by atoms with Crippen LogP contribution in [-0.4, -0.2) is 15.9 Å². The summed E-state index contributed by atoms with van der Waals surface area (Å²) in [5, 5.41) is 6.74. The lowest BCUT2D eigenvalue weighted by Gasteiger charge is -2.09. The Hall–Kier alpha value is -2.63. The van der Waals surface area contributed by atoms with Crippen molar-refractivity contribution < 1.29 is 4.79 Å². The van der Waals surface area contributed by atoms with Crippen LogP contribution in [0, 0.1) is 6.92 Å². The Balaban J connectivity index is 1.70. The molecule has 3 rings (SSSR count). The fourth-order valence-corrected chi connectivity index (χ4v) is 2.42. The van der Waals surface area contributed by atoms with E-state index >= 15 is 0 Å². The Morgan fingerprint density at radius 1 is 1.00 bits per heavy atom. The first-order valence-corrected chi connectivity index (χ1v) is 8.19. The summed E-state index contributed by atoms with van der Waals surface area (Å²) >= 11 is 11.9. The molecular weight excluding hydrogens is 359 g/mol. The van der Waals surface area contributed by atoms with E-state index < -0.39 is 0 Å². The van der Waals surface area contributed by atoms with E-state index in [1.54, 1.807) is 18.2 Å². The molecule has 0 bridgehead atoms. The van der Waals surface area contributed by atoms with Crippen LogP contribution in [0.15, 0.2) is 54.9 Å². The van der Waals surface area contributed by atoms with Crippen LogP contribution in [0.2, 0.25) is 10.0 Å². The summed E-state index contributed by atoms with van der Waals surface area (Å²) in [7, 11) is 0. The van der Waals surface area contributed by atoms with Gasteiger partial charge in [-0.15, -0.1) is 0 Å². The van der Waals surface area contributed by atoms with Crippen molar-refractivity contribution in [3.63, 3.8) is 0 Å². The van der Waals surface area contributed by atoms with E-state index in [1.807, 2.05) is 31.2 Å². The number of amides is 1. The van der Waals surface area contributed by atoms with Crippen molar-refractivity contribution in [2.75, 3.05) is 10.6 Å². The lowest BCUT2D eigenvalue weighted by atomic mass is 10.2. The zero-order chi connectivity index (χ0) is 17.8. The van der Waals surface area contributed by atoms with Gasteiger partial charge in [-0.3, -0.25) is 4.79 Å². The highest BCUT2D eigenvalue weighted by atomic mass is 35.5. The van der Waals surface area contributed by atoms with Gasteiger partial charge < -0.3 is 10.6 Å². The molecule has 3 aromatic rings. The van der Waals surface area contributed by atoms with Gasteiger partial charge in [0.05, 0.1) is 15.6 Å². The Kier molecular flexibility index (Phi) is 5.16. The highest BCUT2D eigenvalue weighted by Gasteiger charge is 2.09. The zero-order valence-electron chi connectivity index (χ0n) is 13.3. The number of halogens is 2. The van der Waals surface area contributed by atoms with Gasteiger partial charge in [-0.1, -0.05) is 41.4 Å². The van der Waals surface area contributed by atoms with Crippen molar-refractivity contribution in [1.29, 1.82) is 0 Å². The normalized spacial score (nSPS) is 10.4. The Bertz CT molecular complexity index is 913. The van der Waals surface area contributed by atoms with E-state index in [0.717, 1.165) is 11.3 Å². The van der Waals surface area contributed by atoms with Gasteiger partial charge in [0.2, 0.25) is 5.95 Å². The number of benzene rings is 2. The fraction of sp³-hybridized carbons (Fsp3) is 0.0556. The minimum atomic E-state index is -0.268. The van der Waals surface area contributed by atoms with Crippen molar-refractivity contribution in [3.8, 4) is 0 Å². The number of aromatic nitrogens is 2. The SMILES string of the molecule is Cc1ccccc1NC(=O)c1cnc(Nc2ccc(Cl)c(Cl)c2)nc1. The highest BCUT2D eigenvalue weighted by Crippen LogP contribution is 2.26. The van der Waals surface area contributed by atoms with E-state index in [2.05, 4.69) is 20.6 Å². The first-order chi connectivity index (χ1) is 12.0. The molecule has 1 amide bonds. The molecule has 0 aliphatic rings. The minimum Gasteiger partial charge on any atom is -0.324 e. The third-order valence-corrected chi connectivity index (χ3v) is 4.22. The molecule has 2 N–H and O–H groups in total. The Labute approximate surface area is 155 Å². The number of anilines is 3. The number of hydrogen-bond acceptors (Lipinski definition) is 4. The van der Waals surface area contributed by atoms with Crippen LogP contribution >= 0.6 is 23.2 Å². The van der Waals surface area contributed by atoms with Crippen LogP contribution in [0.1, 0.15) is 15.9 Å². The average molecular weight is 373 g/mol. The topological polar surface area (TPSA) is 66.9 Å². The highest BCUT2D eigenvalue weighted by molar-refractivity contribution is 6.42. The molecule has 0 aliphatic carbocycles. The van der Waals surface area contributed by atoms with Crippen LogP contribution in [-0.2, 0) is 0 Å². The van der Waals surface area contributed by atoms with E-state index in [0.29, 0.717) is 27.2 Å². The molecular formula is C18H14Cl2N4O. The monoisotopic (exact) mass is 372 g/mol. The second-order valence-electron chi connectivity index (χ2n) is 5.32. The molecule has 0 atom stereocenters. The van der Waals surface area contributed by atoms with Gasteiger partial charge in [-0.25, -0.2) is 9.97 Å². The molecule has 0 saturated carbocycles. The van der Waals surface area contributed by atoms with Crippen molar-refractivity contribution in [2.24, 2.45) is 0 Å². The average Bonchev–Trinajstić information content (AvgIpc) is 2.61. The molecule has 7 heteroatoms. The summed E-state index contributed by atoms with van der Waals surface area (Å²) in [6.45, 7) is 1.93. The van der Waals surface area contributed by atoms with Gasteiger partial charge in [0.1, 0.15) is 0 Å². The molecule has 0 spiro atoms. The second kappa shape index (κ2) is 7.51. The molecule has 0 unspecified atom stereocenters. The van der Waals surface area contributed by atoms with Crippen LogP contribution in [0.4, 0.5) is 17.3 Å². The predicted octanol–water partition coefficient (Wildman–Crippen LogP) is 5.09. The van der Waals surface area contributed by atoms with Gasteiger partial charge in [0, 0.05) is 23.8 Å². The Morgan fingerprint density at radius 3 is 2.40 bits per heavy atom. The number of rotatable bonds is 4. The Morgan fingerprint density at radius 2 is 1.72 bits per heavy atom. The van der Waals surface area contributed by atoms with Crippen LogP contribution in [0.3, 0.4) is 0 Å². The number of aryl methyl sites for hydroxylation is 1. The number of para-hydroxylation sites is 1. The summed E-state index contributed by atoms with van der Waals surface area (Å²) in [5.74, 6) is 0.0845. The minimum absolute atomic E-state index is 0.268. The van der Waals surface area contributed by atoms with Crippen LogP contribution < -0.4 is 10.6 Å². The molecule has 0 fully saturated rings. The second-order valence-corrected chi connectivity index (χ2v) is 6.13. The standard InChI is InChI=1S/C18H14Cl2N4O/c1-11-4-2-3-5-16(11)24-17(25)12-9-21-18(22-10-12)23-13-6-7-14(19)15(20)8-13/h2-10H,1H3,(H,24,25)(H,21,22,23). The van der Waals surface area contributed by atoms with Gasteiger partial charge in [-0.2, -0.15) is 0 Å². The predicted molar refractivity (Wildman–Crippen MR) is 101 cm³/mol. The third kappa shape index (κ3) is 4.26. The molecule has 0 aliphatic heterocycles. The number of hydrogen-bond donors (Lipinski definition) is 2. The molecule has 1 aromatic heterocycles. The van der Waals surface area contributed by atoms with Crippen molar-refractivity contribution in [2.45, 2.75) is 6.92 Å². The number of nitrogens with one attached hydrogen (secondary N) is 2. The van der Waals surface area contributed by atoms with Crippen LogP contribution in [0.5, 0.6) is 0 Å². The maximum Gasteiger partial charge on any atom is 0.258 e. The molecule has 0 radical (unpaired) electrons. The van der Waals surface area contributed by atoms with E-state index in [1.165, 1.54) is 12.4 Å². The molecule has 5 nitrogen and oxygen atoms in total. The lowest BCUT2D eigenvalue weighted by molar-refractivity contribution is 0.102. The van der Waals surface area contributed by atoms with E-state index in [4.69, 9.17) is 23.2 Å².